The molecule has 0 atom stereocenters. The molecule has 0 spiro atoms. The highest BCUT2D eigenvalue weighted by Gasteiger charge is 2.08. The van der Waals surface area contributed by atoms with E-state index in [1.165, 1.54) is 22.7 Å². The van der Waals surface area contributed by atoms with E-state index in [0.29, 0.717) is 11.7 Å². The maximum Gasteiger partial charge on any atom is 0.326 e. The van der Waals surface area contributed by atoms with Gasteiger partial charge in [0.25, 0.3) is 0 Å². The van der Waals surface area contributed by atoms with Crippen LogP contribution in [0.1, 0.15) is 13.3 Å². The van der Waals surface area contributed by atoms with Crippen LogP contribution < -0.4 is 15.4 Å². The topological polar surface area (TPSA) is 63.2 Å². The van der Waals surface area contributed by atoms with Gasteiger partial charge in [-0.05, 0) is 48.2 Å². The van der Waals surface area contributed by atoms with E-state index in [-0.39, 0.29) is 6.03 Å². The van der Waals surface area contributed by atoms with Crippen molar-refractivity contribution in [2.24, 2.45) is 0 Å². The number of amides is 2. The van der Waals surface area contributed by atoms with Gasteiger partial charge in [-0.1, -0.05) is 6.92 Å². The van der Waals surface area contributed by atoms with Crippen molar-refractivity contribution in [1.29, 1.82) is 0 Å². The van der Waals surface area contributed by atoms with Crippen molar-refractivity contribution < 1.29 is 9.53 Å². The van der Waals surface area contributed by atoms with E-state index in [2.05, 4.69) is 22.5 Å². The molecule has 2 aromatic heterocycles. The first kappa shape index (κ1) is 16.5. The fourth-order valence-electron chi connectivity index (χ4n) is 2.00. The first-order valence-electron chi connectivity index (χ1n) is 7.55. The standard InChI is InChI=1S/C17H17N3O2S2/c1-2-9-22-13-7-5-12(6-8-13)14-11-24-17(18-14)20-16(21)19-15-4-3-10-23-15/h3-8,10-11H,2,9H2,1H3,(H2,18,19,20,21). The molecule has 0 bridgehead atoms. The SMILES string of the molecule is CCCOc1ccc(-c2csc(NC(=O)Nc3cccs3)n2)cc1. The van der Waals surface area contributed by atoms with Gasteiger partial charge in [0, 0.05) is 10.9 Å². The molecule has 0 aliphatic heterocycles. The summed E-state index contributed by atoms with van der Waals surface area (Å²) in [6, 6.07) is 11.2. The summed E-state index contributed by atoms with van der Waals surface area (Å²) in [6.07, 6.45) is 0.983. The molecule has 0 saturated carbocycles. The van der Waals surface area contributed by atoms with Gasteiger partial charge >= 0.3 is 6.03 Å². The van der Waals surface area contributed by atoms with Gasteiger partial charge in [-0.3, -0.25) is 10.6 Å². The quantitative estimate of drug-likeness (QED) is 0.627. The summed E-state index contributed by atoms with van der Waals surface area (Å²) in [5.41, 5.74) is 1.82. The molecule has 0 unspecified atom stereocenters. The van der Waals surface area contributed by atoms with Gasteiger partial charge in [-0.15, -0.1) is 22.7 Å². The van der Waals surface area contributed by atoms with Gasteiger partial charge in [0.2, 0.25) is 0 Å². The smallest absolute Gasteiger partial charge is 0.326 e. The van der Waals surface area contributed by atoms with Crippen LogP contribution in [-0.2, 0) is 0 Å². The molecule has 7 heteroatoms. The molecule has 3 rings (SSSR count). The predicted octanol–water partition coefficient (Wildman–Crippen LogP) is 5.30. The van der Waals surface area contributed by atoms with Crippen molar-refractivity contribution in [1.82, 2.24) is 4.98 Å². The third kappa shape index (κ3) is 4.33. The normalized spacial score (nSPS) is 10.4. The Morgan fingerprint density at radius 2 is 2.00 bits per heavy atom. The van der Waals surface area contributed by atoms with Crippen molar-refractivity contribution in [3.8, 4) is 17.0 Å². The zero-order valence-corrected chi connectivity index (χ0v) is 14.7. The third-order valence-corrected chi connectivity index (χ3v) is 4.65. The molecule has 3 aromatic rings. The lowest BCUT2D eigenvalue weighted by molar-refractivity contribution is 0.262. The Morgan fingerprint density at radius 1 is 1.17 bits per heavy atom. The Balaban J connectivity index is 1.61. The van der Waals surface area contributed by atoms with Crippen molar-refractivity contribution in [2.75, 3.05) is 17.2 Å². The Hall–Kier alpha value is -2.38. The minimum Gasteiger partial charge on any atom is -0.494 e. The summed E-state index contributed by atoms with van der Waals surface area (Å²) in [7, 11) is 0. The first-order chi connectivity index (χ1) is 11.7. The van der Waals surface area contributed by atoms with Gasteiger partial charge in [-0.2, -0.15) is 0 Å². The summed E-state index contributed by atoms with van der Waals surface area (Å²) >= 11 is 2.86. The number of carbonyl (C=O) groups excluding carboxylic acids is 1. The molecular weight excluding hydrogens is 342 g/mol. The van der Waals surface area contributed by atoms with Crippen molar-refractivity contribution in [2.45, 2.75) is 13.3 Å². The van der Waals surface area contributed by atoms with E-state index in [1.54, 1.807) is 0 Å². The lowest BCUT2D eigenvalue weighted by Crippen LogP contribution is -2.18. The van der Waals surface area contributed by atoms with Crippen molar-refractivity contribution in [3.63, 3.8) is 0 Å². The molecule has 0 aliphatic rings. The second kappa shape index (κ2) is 7.94. The number of carbonyl (C=O) groups is 1. The number of hydrogen-bond donors (Lipinski definition) is 2. The van der Waals surface area contributed by atoms with Crippen LogP contribution in [0, 0.1) is 0 Å². The highest BCUT2D eigenvalue weighted by Crippen LogP contribution is 2.26. The summed E-state index contributed by atoms with van der Waals surface area (Å²) in [5.74, 6) is 0.851. The van der Waals surface area contributed by atoms with E-state index in [9.17, 15) is 4.79 Å². The number of ether oxygens (including phenoxy) is 1. The number of anilines is 2. The van der Waals surface area contributed by atoms with E-state index < -0.39 is 0 Å². The van der Waals surface area contributed by atoms with Crippen LogP contribution in [0.25, 0.3) is 11.3 Å². The molecule has 5 nitrogen and oxygen atoms in total. The molecule has 0 aliphatic carbocycles. The third-order valence-electron chi connectivity index (χ3n) is 3.11. The van der Waals surface area contributed by atoms with E-state index in [1.807, 2.05) is 47.2 Å². The van der Waals surface area contributed by atoms with Crippen molar-refractivity contribution in [3.05, 3.63) is 47.2 Å². The Bertz CT molecular complexity index is 783. The Kier molecular flexibility index (Phi) is 5.45. The zero-order chi connectivity index (χ0) is 16.8. The van der Waals surface area contributed by atoms with Gasteiger partial charge in [0.05, 0.1) is 17.3 Å². The molecule has 0 saturated heterocycles. The van der Waals surface area contributed by atoms with E-state index in [4.69, 9.17) is 4.74 Å². The van der Waals surface area contributed by atoms with Crippen LogP contribution in [0.3, 0.4) is 0 Å². The van der Waals surface area contributed by atoms with Crippen LogP contribution >= 0.6 is 22.7 Å². The van der Waals surface area contributed by atoms with Gasteiger partial charge in [-0.25, -0.2) is 9.78 Å². The second-order valence-electron chi connectivity index (χ2n) is 4.97. The average molecular weight is 359 g/mol. The first-order valence-corrected chi connectivity index (χ1v) is 9.31. The number of aromatic nitrogens is 1. The average Bonchev–Trinajstić information content (AvgIpc) is 3.25. The lowest BCUT2D eigenvalue weighted by Gasteiger charge is -2.04. The Labute approximate surface area is 148 Å². The van der Waals surface area contributed by atoms with Gasteiger partial charge < -0.3 is 4.74 Å². The second-order valence-corrected chi connectivity index (χ2v) is 6.77. The molecule has 2 N–H and O–H groups in total. The monoisotopic (exact) mass is 359 g/mol. The van der Waals surface area contributed by atoms with Crippen LogP contribution in [0.4, 0.5) is 14.9 Å². The number of benzene rings is 1. The number of hydrogen-bond acceptors (Lipinski definition) is 5. The van der Waals surface area contributed by atoms with E-state index >= 15 is 0 Å². The predicted molar refractivity (Wildman–Crippen MR) is 100 cm³/mol. The largest absolute Gasteiger partial charge is 0.494 e. The molecular formula is C17H17N3O2S2. The molecule has 0 fully saturated rings. The van der Waals surface area contributed by atoms with Crippen LogP contribution in [0.15, 0.2) is 47.2 Å². The number of nitrogens with zero attached hydrogens (tertiary/aromatic N) is 1. The summed E-state index contributed by atoms with van der Waals surface area (Å²) in [5, 5.41) is 10.7. The molecule has 124 valence electrons. The minimum atomic E-state index is -0.290. The highest BCUT2D eigenvalue weighted by atomic mass is 32.1. The van der Waals surface area contributed by atoms with Gasteiger partial charge in [0.15, 0.2) is 5.13 Å². The maximum atomic E-state index is 11.9. The molecule has 1 aromatic carbocycles. The van der Waals surface area contributed by atoms with Gasteiger partial charge in [0.1, 0.15) is 5.75 Å². The summed E-state index contributed by atoms with van der Waals surface area (Å²) in [6.45, 7) is 2.79. The maximum absolute atomic E-state index is 11.9. The fourth-order valence-corrected chi connectivity index (χ4v) is 3.32. The lowest BCUT2D eigenvalue weighted by atomic mass is 10.2. The minimum absolute atomic E-state index is 0.290. The van der Waals surface area contributed by atoms with Crippen LogP contribution in [0.5, 0.6) is 5.75 Å². The zero-order valence-electron chi connectivity index (χ0n) is 13.1. The number of thiophene rings is 1. The number of thiazole rings is 1. The number of urea groups is 1. The molecule has 0 radical (unpaired) electrons. The van der Waals surface area contributed by atoms with E-state index in [0.717, 1.165) is 28.4 Å². The molecule has 2 heterocycles. The van der Waals surface area contributed by atoms with Crippen molar-refractivity contribution >= 4 is 38.8 Å². The summed E-state index contributed by atoms with van der Waals surface area (Å²) < 4.78 is 5.57. The number of nitrogens with one attached hydrogen (secondary N) is 2. The Morgan fingerprint density at radius 3 is 2.71 bits per heavy atom. The molecule has 2 amide bonds. The van der Waals surface area contributed by atoms with Crippen LogP contribution in [0.2, 0.25) is 0 Å². The fraction of sp³-hybridized carbons (Fsp3) is 0.176. The summed E-state index contributed by atoms with van der Waals surface area (Å²) in [4.78, 5) is 16.4. The molecule has 24 heavy (non-hydrogen) atoms. The number of rotatable bonds is 6. The highest BCUT2D eigenvalue weighted by molar-refractivity contribution is 7.14. The van der Waals surface area contributed by atoms with Crippen LogP contribution in [-0.4, -0.2) is 17.6 Å².